The van der Waals surface area contributed by atoms with Crippen molar-refractivity contribution in [2.45, 2.75) is 26.8 Å². The van der Waals surface area contributed by atoms with Crippen molar-refractivity contribution >= 4 is 17.0 Å². The fourth-order valence-electron chi connectivity index (χ4n) is 1.88. The van der Waals surface area contributed by atoms with Crippen molar-refractivity contribution in [3.63, 3.8) is 0 Å². The summed E-state index contributed by atoms with van der Waals surface area (Å²) in [6.45, 7) is 4.46. The molecule has 0 aliphatic carbocycles. The Labute approximate surface area is 119 Å². The highest BCUT2D eigenvalue weighted by Gasteiger charge is 2.32. The van der Waals surface area contributed by atoms with Gasteiger partial charge in [-0.3, -0.25) is 0 Å². The minimum absolute atomic E-state index is 0.218. The Bertz CT molecular complexity index is 592. The van der Waals surface area contributed by atoms with Crippen LogP contribution in [0.1, 0.15) is 15.3 Å². The molecule has 0 saturated heterocycles. The zero-order chi connectivity index (χ0) is 14.8. The molecular weight excluding hydrogens is 287 g/mol. The lowest BCUT2D eigenvalue weighted by Gasteiger charge is -2.14. The fourth-order valence-corrected chi connectivity index (χ4v) is 2.82. The van der Waals surface area contributed by atoms with Crippen LogP contribution in [0.15, 0.2) is 30.3 Å². The number of nitrogens with one attached hydrogen (secondary N) is 1. The molecule has 0 amide bonds. The Morgan fingerprint density at radius 2 is 1.90 bits per heavy atom. The van der Waals surface area contributed by atoms with E-state index in [2.05, 4.69) is 10.1 Å². The minimum atomic E-state index is -4.69. The molecule has 1 N–H and O–H groups in total. The molecule has 1 heterocycles. The molecule has 1 aromatic heterocycles. The number of rotatable bonds is 4. The van der Waals surface area contributed by atoms with Crippen molar-refractivity contribution in [1.82, 2.24) is 0 Å². The first-order valence-corrected chi connectivity index (χ1v) is 6.81. The van der Waals surface area contributed by atoms with Gasteiger partial charge in [-0.1, -0.05) is 12.1 Å². The molecule has 2 aromatic rings. The molecule has 1 aromatic carbocycles. The Kier molecular flexibility index (Phi) is 4.23. The third-order valence-corrected chi connectivity index (χ3v) is 3.73. The maximum atomic E-state index is 12.3. The number of anilines is 1. The van der Waals surface area contributed by atoms with Gasteiger partial charge in [0, 0.05) is 16.3 Å². The van der Waals surface area contributed by atoms with Gasteiger partial charge < -0.3 is 10.1 Å². The summed E-state index contributed by atoms with van der Waals surface area (Å²) in [6, 6.07) is 8.06. The number of ether oxygens (including phenoxy) is 1. The largest absolute Gasteiger partial charge is 0.573 e. The van der Waals surface area contributed by atoms with E-state index in [1.807, 2.05) is 19.9 Å². The van der Waals surface area contributed by atoms with E-state index in [4.69, 9.17) is 0 Å². The molecule has 0 radical (unpaired) electrons. The first-order valence-electron chi connectivity index (χ1n) is 6.00. The average molecular weight is 301 g/mol. The molecule has 0 unspecified atom stereocenters. The zero-order valence-corrected chi connectivity index (χ0v) is 11.9. The summed E-state index contributed by atoms with van der Waals surface area (Å²) in [5.41, 5.74) is 1.40. The first-order chi connectivity index (χ1) is 9.35. The van der Waals surface area contributed by atoms with Gasteiger partial charge in [0.05, 0.1) is 5.69 Å². The number of aryl methyl sites for hydroxylation is 2. The predicted octanol–water partition coefficient (Wildman–Crippen LogP) is 4.88. The van der Waals surface area contributed by atoms with Gasteiger partial charge in [-0.2, -0.15) is 0 Å². The van der Waals surface area contributed by atoms with Gasteiger partial charge in [0.2, 0.25) is 0 Å². The summed E-state index contributed by atoms with van der Waals surface area (Å²) < 4.78 is 40.9. The summed E-state index contributed by atoms with van der Waals surface area (Å²) in [5.74, 6) is -0.218. The number of hydrogen-bond donors (Lipinski definition) is 1. The number of hydrogen-bond acceptors (Lipinski definition) is 3. The highest BCUT2D eigenvalue weighted by Crippen LogP contribution is 2.30. The topological polar surface area (TPSA) is 21.3 Å². The van der Waals surface area contributed by atoms with Gasteiger partial charge >= 0.3 is 6.36 Å². The number of halogens is 3. The highest BCUT2D eigenvalue weighted by atomic mass is 32.1. The number of alkyl halides is 3. The molecule has 108 valence electrons. The van der Waals surface area contributed by atoms with Crippen LogP contribution in [0.25, 0.3) is 0 Å². The van der Waals surface area contributed by atoms with Gasteiger partial charge in [0.25, 0.3) is 0 Å². The lowest BCUT2D eigenvalue weighted by molar-refractivity contribution is -0.274. The van der Waals surface area contributed by atoms with E-state index in [0.29, 0.717) is 12.2 Å². The second-order valence-electron chi connectivity index (χ2n) is 4.34. The molecule has 0 spiro atoms. The van der Waals surface area contributed by atoms with E-state index in [-0.39, 0.29) is 5.75 Å². The van der Waals surface area contributed by atoms with Crippen molar-refractivity contribution in [2.24, 2.45) is 0 Å². The van der Waals surface area contributed by atoms with Gasteiger partial charge in [0.15, 0.2) is 5.75 Å². The Morgan fingerprint density at radius 1 is 1.20 bits per heavy atom. The van der Waals surface area contributed by atoms with Gasteiger partial charge in [0.1, 0.15) is 0 Å². The van der Waals surface area contributed by atoms with Crippen LogP contribution >= 0.6 is 11.3 Å². The molecule has 0 aliphatic rings. The number of para-hydroxylation sites is 2. The van der Waals surface area contributed by atoms with Crippen LogP contribution in [0.2, 0.25) is 0 Å². The van der Waals surface area contributed by atoms with E-state index in [9.17, 15) is 13.2 Å². The van der Waals surface area contributed by atoms with Gasteiger partial charge in [-0.25, -0.2) is 0 Å². The standard InChI is InChI=1S/C14H14F3NOS/c1-9-7-11(10(2)20-9)8-18-12-5-3-4-6-13(12)19-14(15,16)17/h3-7,18H,8H2,1-2H3. The third kappa shape index (κ3) is 3.90. The SMILES string of the molecule is Cc1cc(CNc2ccccc2OC(F)(F)F)c(C)s1. The molecule has 20 heavy (non-hydrogen) atoms. The molecule has 0 atom stereocenters. The maximum Gasteiger partial charge on any atom is 0.573 e. The zero-order valence-electron chi connectivity index (χ0n) is 11.0. The van der Waals surface area contributed by atoms with Crippen LogP contribution in [0.3, 0.4) is 0 Å². The second kappa shape index (κ2) is 5.75. The summed E-state index contributed by atoms with van der Waals surface area (Å²) in [7, 11) is 0. The third-order valence-electron chi connectivity index (χ3n) is 2.73. The quantitative estimate of drug-likeness (QED) is 0.869. The average Bonchev–Trinajstić information content (AvgIpc) is 2.65. The summed E-state index contributed by atoms with van der Waals surface area (Å²) in [5, 5.41) is 2.99. The monoisotopic (exact) mass is 301 g/mol. The molecular formula is C14H14F3NOS. The van der Waals surface area contributed by atoms with Crippen molar-refractivity contribution in [2.75, 3.05) is 5.32 Å². The van der Waals surface area contributed by atoms with Crippen LogP contribution in [-0.2, 0) is 6.54 Å². The highest BCUT2D eigenvalue weighted by molar-refractivity contribution is 7.12. The Hall–Kier alpha value is -1.69. The van der Waals surface area contributed by atoms with Crippen LogP contribution in [0.5, 0.6) is 5.75 Å². The van der Waals surface area contributed by atoms with Crippen LogP contribution in [0.4, 0.5) is 18.9 Å². The van der Waals surface area contributed by atoms with Crippen LogP contribution in [0, 0.1) is 13.8 Å². The van der Waals surface area contributed by atoms with Crippen LogP contribution in [-0.4, -0.2) is 6.36 Å². The molecule has 2 rings (SSSR count). The molecule has 0 bridgehead atoms. The van der Waals surface area contributed by atoms with Gasteiger partial charge in [-0.15, -0.1) is 24.5 Å². The maximum absolute atomic E-state index is 12.3. The Balaban J connectivity index is 2.11. The van der Waals surface area contributed by atoms with Crippen molar-refractivity contribution in [3.8, 4) is 5.75 Å². The van der Waals surface area contributed by atoms with Crippen molar-refractivity contribution in [1.29, 1.82) is 0 Å². The van der Waals surface area contributed by atoms with E-state index in [1.54, 1.807) is 23.5 Å². The number of benzene rings is 1. The predicted molar refractivity (Wildman–Crippen MR) is 74.2 cm³/mol. The van der Waals surface area contributed by atoms with Crippen molar-refractivity contribution < 1.29 is 17.9 Å². The molecule has 0 saturated carbocycles. The summed E-state index contributed by atoms with van der Waals surface area (Å²) in [4.78, 5) is 2.34. The van der Waals surface area contributed by atoms with E-state index >= 15 is 0 Å². The van der Waals surface area contributed by atoms with E-state index in [0.717, 1.165) is 10.4 Å². The minimum Gasteiger partial charge on any atom is -0.404 e. The first kappa shape index (κ1) is 14.7. The number of thiophene rings is 1. The lowest BCUT2D eigenvalue weighted by Crippen LogP contribution is -2.18. The fraction of sp³-hybridized carbons (Fsp3) is 0.286. The smallest absolute Gasteiger partial charge is 0.404 e. The normalized spacial score (nSPS) is 11.4. The van der Waals surface area contributed by atoms with Gasteiger partial charge in [-0.05, 0) is 37.6 Å². The Morgan fingerprint density at radius 3 is 2.50 bits per heavy atom. The van der Waals surface area contributed by atoms with Crippen molar-refractivity contribution in [3.05, 3.63) is 45.6 Å². The molecule has 2 nitrogen and oxygen atoms in total. The molecule has 0 fully saturated rings. The lowest BCUT2D eigenvalue weighted by atomic mass is 10.2. The second-order valence-corrected chi connectivity index (χ2v) is 5.80. The van der Waals surface area contributed by atoms with E-state index < -0.39 is 6.36 Å². The summed E-state index contributed by atoms with van der Waals surface area (Å²) in [6.07, 6.45) is -4.69. The van der Waals surface area contributed by atoms with E-state index in [1.165, 1.54) is 17.0 Å². The molecule has 0 aliphatic heterocycles. The molecule has 6 heteroatoms. The van der Waals surface area contributed by atoms with Crippen LogP contribution < -0.4 is 10.1 Å². The summed E-state index contributed by atoms with van der Waals surface area (Å²) >= 11 is 1.67.